The summed E-state index contributed by atoms with van der Waals surface area (Å²) in [6.07, 6.45) is 1.34. The number of aliphatic hydroxyl groups is 1. The first-order valence-corrected chi connectivity index (χ1v) is 4.89. The minimum absolute atomic E-state index is 0.113. The molecule has 4 heteroatoms. The maximum Gasteiger partial charge on any atom is 0.181 e. The van der Waals surface area contributed by atoms with Gasteiger partial charge in [0.25, 0.3) is 0 Å². The Hall–Kier alpha value is -1.13. The third-order valence-electron chi connectivity index (χ3n) is 1.88. The molecule has 0 fully saturated rings. The lowest BCUT2D eigenvalue weighted by Crippen LogP contribution is -1.86. The van der Waals surface area contributed by atoms with Crippen LogP contribution in [0.15, 0.2) is 39.5 Å². The molecule has 1 aromatic carbocycles. The van der Waals surface area contributed by atoms with E-state index in [9.17, 15) is 0 Å². The summed E-state index contributed by atoms with van der Waals surface area (Å²) >= 11 is 3.37. The average Bonchev–Trinajstić information content (AvgIpc) is 2.65. The Bertz CT molecular complexity index is 439. The zero-order valence-electron chi connectivity index (χ0n) is 7.27. The van der Waals surface area contributed by atoms with Crippen molar-refractivity contribution in [1.29, 1.82) is 0 Å². The molecule has 3 nitrogen and oxygen atoms in total. The molecule has 0 aliphatic carbocycles. The van der Waals surface area contributed by atoms with Crippen molar-refractivity contribution in [3.8, 4) is 11.3 Å². The molecule has 0 atom stereocenters. The van der Waals surface area contributed by atoms with Crippen molar-refractivity contribution in [1.82, 2.24) is 4.98 Å². The van der Waals surface area contributed by atoms with Crippen LogP contribution in [0.1, 0.15) is 5.69 Å². The maximum atomic E-state index is 9.00. The normalized spacial score (nSPS) is 10.4. The van der Waals surface area contributed by atoms with E-state index >= 15 is 0 Å². The highest BCUT2D eigenvalue weighted by Crippen LogP contribution is 2.25. The van der Waals surface area contributed by atoms with Gasteiger partial charge in [0.2, 0.25) is 0 Å². The van der Waals surface area contributed by atoms with E-state index in [1.807, 2.05) is 24.3 Å². The van der Waals surface area contributed by atoms with E-state index in [-0.39, 0.29) is 6.61 Å². The fourth-order valence-electron chi connectivity index (χ4n) is 1.25. The molecule has 0 bridgehead atoms. The molecule has 0 unspecified atom stereocenters. The monoisotopic (exact) mass is 253 g/mol. The number of rotatable bonds is 2. The van der Waals surface area contributed by atoms with Gasteiger partial charge in [-0.1, -0.05) is 28.1 Å². The molecule has 1 aromatic heterocycles. The predicted molar refractivity (Wildman–Crippen MR) is 55.6 cm³/mol. The molecule has 0 spiro atoms. The average molecular weight is 254 g/mol. The number of oxazole rings is 1. The largest absolute Gasteiger partial charge is 0.443 e. The molecule has 2 rings (SSSR count). The van der Waals surface area contributed by atoms with Crippen LogP contribution in [-0.4, -0.2) is 10.1 Å². The van der Waals surface area contributed by atoms with Crippen LogP contribution in [0, 0.1) is 0 Å². The molecule has 1 N–H and O–H groups in total. The second-order valence-corrected chi connectivity index (χ2v) is 3.71. The summed E-state index contributed by atoms with van der Waals surface area (Å²) in [6, 6.07) is 7.66. The van der Waals surface area contributed by atoms with E-state index in [0.29, 0.717) is 11.5 Å². The Morgan fingerprint density at radius 3 is 3.00 bits per heavy atom. The highest BCUT2D eigenvalue weighted by atomic mass is 79.9. The summed E-state index contributed by atoms with van der Waals surface area (Å²) in [5, 5.41) is 9.00. The van der Waals surface area contributed by atoms with E-state index in [2.05, 4.69) is 20.9 Å². The van der Waals surface area contributed by atoms with Crippen LogP contribution in [0.5, 0.6) is 0 Å². The summed E-state index contributed by atoms with van der Waals surface area (Å²) in [7, 11) is 0. The number of hydrogen-bond acceptors (Lipinski definition) is 3. The number of benzene rings is 1. The van der Waals surface area contributed by atoms with E-state index in [1.54, 1.807) is 0 Å². The zero-order valence-corrected chi connectivity index (χ0v) is 8.86. The molecule has 0 saturated heterocycles. The summed E-state index contributed by atoms with van der Waals surface area (Å²) in [5.41, 5.74) is 1.46. The second-order valence-electron chi connectivity index (χ2n) is 2.80. The van der Waals surface area contributed by atoms with Gasteiger partial charge >= 0.3 is 0 Å². The predicted octanol–water partition coefficient (Wildman–Crippen LogP) is 2.60. The van der Waals surface area contributed by atoms with Crippen LogP contribution in [0.25, 0.3) is 11.3 Å². The van der Waals surface area contributed by atoms with Crippen LogP contribution in [-0.2, 0) is 6.61 Å². The van der Waals surface area contributed by atoms with E-state index in [1.165, 1.54) is 6.39 Å². The number of nitrogens with zero attached hydrogens (tertiary/aromatic N) is 1. The van der Waals surface area contributed by atoms with Gasteiger partial charge in [-0.25, -0.2) is 4.98 Å². The second kappa shape index (κ2) is 3.94. The Balaban J connectivity index is 2.49. The molecule has 72 valence electrons. The van der Waals surface area contributed by atoms with Gasteiger partial charge in [-0.15, -0.1) is 0 Å². The quantitative estimate of drug-likeness (QED) is 0.895. The summed E-state index contributed by atoms with van der Waals surface area (Å²) < 4.78 is 6.17. The topological polar surface area (TPSA) is 46.3 Å². The smallest absolute Gasteiger partial charge is 0.181 e. The van der Waals surface area contributed by atoms with Gasteiger partial charge in [0, 0.05) is 10.0 Å². The molecular weight excluding hydrogens is 246 g/mol. The van der Waals surface area contributed by atoms with Crippen molar-refractivity contribution >= 4 is 15.9 Å². The highest BCUT2D eigenvalue weighted by molar-refractivity contribution is 9.10. The fraction of sp³-hybridized carbons (Fsp3) is 0.100. The van der Waals surface area contributed by atoms with E-state index < -0.39 is 0 Å². The lowest BCUT2D eigenvalue weighted by molar-refractivity contribution is 0.277. The minimum atomic E-state index is -0.113. The Morgan fingerprint density at radius 2 is 2.29 bits per heavy atom. The Morgan fingerprint density at radius 1 is 1.43 bits per heavy atom. The minimum Gasteiger partial charge on any atom is -0.443 e. The van der Waals surface area contributed by atoms with E-state index in [4.69, 9.17) is 9.52 Å². The van der Waals surface area contributed by atoms with Gasteiger partial charge < -0.3 is 9.52 Å². The third kappa shape index (κ3) is 1.71. The van der Waals surface area contributed by atoms with E-state index in [0.717, 1.165) is 10.0 Å². The number of halogens is 1. The van der Waals surface area contributed by atoms with Gasteiger partial charge in [0.15, 0.2) is 12.2 Å². The number of aliphatic hydroxyl groups excluding tert-OH is 1. The summed E-state index contributed by atoms with van der Waals surface area (Å²) in [5.74, 6) is 0.619. The molecular formula is C10H8BrNO2. The molecule has 1 heterocycles. The maximum absolute atomic E-state index is 9.00. The van der Waals surface area contributed by atoms with Crippen LogP contribution in [0.3, 0.4) is 0 Å². The molecule has 0 radical (unpaired) electrons. The van der Waals surface area contributed by atoms with Gasteiger partial charge in [-0.05, 0) is 12.1 Å². The lowest BCUT2D eigenvalue weighted by Gasteiger charge is -1.98. The third-order valence-corrected chi connectivity index (χ3v) is 2.37. The van der Waals surface area contributed by atoms with Crippen molar-refractivity contribution in [3.63, 3.8) is 0 Å². The Labute approximate surface area is 89.5 Å². The van der Waals surface area contributed by atoms with Crippen LogP contribution < -0.4 is 0 Å². The first kappa shape index (κ1) is 9.43. The molecule has 14 heavy (non-hydrogen) atoms. The molecule has 0 aliphatic heterocycles. The molecule has 0 aliphatic rings. The number of aromatic nitrogens is 1. The van der Waals surface area contributed by atoms with Gasteiger partial charge in [0.05, 0.1) is 6.61 Å². The van der Waals surface area contributed by atoms with Crippen LogP contribution in [0.4, 0.5) is 0 Å². The van der Waals surface area contributed by atoms with Crippen molar-refractivity contribution in [2.24, 2.45) is 0 Å². The summed E-state index contributed by atoms with van der Waals surface area (Å²) in [6.45, 7) is -0.113. The molecule has 0 saturated carbocycles. The lowest BCUT2D eigenvalue weighted by atomic mass is 10.1. The van der Waals surface area contributed by atoms with Crippen LogP contribution in [0.2, 0.25) is 0 Å². The van der Waals surface area contributed by atoms with Crippen molar-refractivity contribution < 1.29 is 9.52 Å². The van der Waals surface area contributed by atoms with Gasteiger partial charge in [-0.2, -0.15) is 0 Å². The van der Waals surface area contributed by atoms with Crippen LogP contribution >= 0.6 is 15.9 Å². The molecule has 2 aromatic rings. The standard InChI is InChI=1S/C10H8BrNO2/c11-8-3-1-2-7(4-8)10-9(5-13)12-6-14-10/h1-4,6,13H,5H2. The van der Waals surface area contributed by atoms with Crippen molar-refractivity contribution in [3.05, 3.63) is 40.8 Å². The fourth-order valence-corrected chi connectivity index (χ4v) is 1.65. The zero-order chi connectivity index (χ0) is 9.97. The first-order valence-electron chi connectivity index (χ1n) is 4.10. The number of hydrogen-bond donors (Lipinski definition) is 1. The Kier molecular flexibility index (Phi) is 2.65. The highest BCUT2D eigenvalue weighted by Gasteiger charge is 2.09. The van der Waals surface area contributed by atoms with Crippen molar-refractivity contribution in [2.45, 2.75) is 6.61 Å². The van der Waals surface area contributed by atoms with Gasteiger partial charge in [0.1, 0.15) is 5.69 Å². The van der Waals surface area contributed by atoms with Crippen molar-refractivity contribution in [2.75, 3.05) is 0 Å². The SMILES string of the molecule is OCc1ncoc1-c1cccc(Br)c1. The molecule has 0 amide bonds. The summed E-state index contributed by atoms with van der Waals surface area (Å²) in [4.78, 5) is 3.91. The first-order chi connectivity index (χ1) is 6.81. The van der Waals surface area contributed by atoms with Gasteiger partial charge in [-0.3, -0.25) is 0 Å².